The average Bonchev–Trinajstić information content (AvgIpc) is 2.81. The number of hydrogen-bond donors (Lipinski definition) is 1. The van der Waals surface area contributed by atoms with Gasteiger partial charge in [0.05, 0.1) is 16.6 Å². The highest BCUT2D eigenvalue weighted by molar-refractivity contribution is 7.80. The van der Waals surface area contributed by atoms with E-state index in [1.807, 2.05) is 23.6 Å². The van der Waals surface area contributed by atoms with Gasteiger partial charge in [0.1, 0.15) is 17.1 Å². The Bertz CT molecular complexity index is 864. The van der Waals surface area contributed by atoms with E-state index in [0.717, 1.165) is 28.1 Å². The number of rotatable bonds is 2. The maximum Gasteiger partial charge on any atom is 0.148 e. The largest absolute Gasteiger partial charge is 0.389 e. The van der Waals surface area contributed by atoms with E-state index in [9.17, 15) is 0 Å². The fraction of sp³-hybridized carbons (Fsp3) is 0.188. The maximum atomic E-state index is 5.83. The van der Waals surface area contributed by atoms with Crippen molar-refractivity contribution in [3.05, 3.63) is 53.0 Å². The maximum absolute atomic E-state index is 5.83. The number of hydrogen-bond acceptors (Lipinski definition) is 3. The number of aromatic nitrogens is 3. The van der Waals surface area contributed by atoms with Gasteiger partial charge >= 0.3 is 0 Å². The van der Waals surface area contributed by atoms with E-state index in [-0.39, 0.29) is 0 Å². The molecule has 2 heterocycles. The van der Waals surface area contributed by atoms with Crippen LogP contribution in [0.1, 0.15) is 22.4 Å². The molecular weight excluding hydrogens is 280 g/mol. The van der Waals surface area contributed by atoms with Gasteiger partial charge < -0.3 is 5.73 Å². The van der Waals surface area contributed by atoms with Crippen LogP contribution in [0.4, 0.5) is 0 Å². The quantitative estimate of drug-likeness (QED) is 0.739. The molecule has 1 aromatic carbocycles. The van der Waals surface area contributed by atoms with Gasteiger partial charge in [0, 0.05) is 5.69 Å². The van der Waals surface area contributed by atoms with E-state index in [1.54, 1.807) is 6.33 Å². The van der Waals surface area contributed by atoms with E-state index in [2.05, 4.69) is 35.9 Å². The Morgan fingerprint density at radius 2 is 1.86 bits per heavy atom. The Morgan fingerprint density at radius 3 is 2.57 bits per heavy atom. The first-order valence-corrected chi connectivity index (χ1v) is 7.10. The van der Waals surface area contributed by atoms with Crippen molar-refractivity contribution >= 4 is 28.2 Å². The summed E-state index contributed by atoms with van der Waals surface area (Å²) in [5.74, 6) is 0.730. The minimum absolute atomic E-state index is 0.336. The van der Waals surface area contributed by atoms with Gasteiger partial charge in [-0.2, -0.15) is 0 Å². The molecule has 0 radical (unpaired) electrons. The second kappa shape index (κ2) is 4.93. The van der Waals surface area contributed by atoms with Gasteiger partial charge in [-0.25, -0.2) is 9.97 Å². The van der Waals surface area contributed by atoms with Crippen molar-refractivity contribution in [3.8, 4) is 5.82 Å². The van der Waals surface area contributed by atoms with Crippen LogP contribution in [-0.4, -0.2) is 19.5 Å². The van der Waals surface area contributed by atoms with Gasteiger partial charge in [0.25, 0.3) is 0 Å². The van der Waals surface area contributed by atoms with Crippen molar-refractivity contribution in [1.29, 1.82) is 0 Å². The predicted octanol–water partition coefficient (Wildman–Crippen LogP) is 2.98. The monoisotopic (exact) mass is 296 g/mol. The van der Waals surface area contributed by atoms with Gasteiger partial charge in [-0.3, -0.25) is 4.57 Å². The number of aryl methyl sites for hydroxylation is 3. The number of nitrogens with zero attached hydrogens (tertiary/aromatic N) is 3. The summed E-state index contributed by atoms with van der Waals surface area (Å²) in [4.78, 5) is 9.40. The molecule has 4 nitrogen and oxygen atoms in total. The number of imidazole rings is 1. The van der Waals surface area contributed by atoms with Crippen LogP contribution >= 0.6 is 12.2 Å². The minimum Gasteiger partial charge on any atom is -0.389 e. The molecular formula is C16H16N4S. The van der Waals surface area contributed by atoms with Crippen LogP contribution in [0.5, 0.6) is 0 Å². The molecule has 0 amide bonds. The molecule has 0 bridgehead atoms. The summed E-state index contributed by atoms with van der Waals surface area (Å²) >= 11 is 5.14. The number of thiocarbonyl (C=S) groups is 1. The van der Waals surface area contributed by atoms with Crippen molar-refractivity contribution in [1.82, 2.24) is 14.5 Å². The zero-order chi connectivity index (χ0) is 15.1. The number of fused-ring (bicyclic) bond motifs is 1. The summed E-state index contributed by atoms with van der Waals surface area (Å²) < 4.78 is 1.95. The lowest BCUT2D eigenvalue weighted by Crippen LogP contribution is -2.15. The Hall–Kier alpha value is -2.27. The van der Waals surface area contributed by atoms with Crippen LogP contribution < -0.4 is 5.73 Å². The fourth-order valence-corrected chi connectivity index (χ4v) is 2.51. The molecule has 3 rings (SSSR count). The van der Waals surface area contributed by atoms with Gasteiger partial charge in [-0.1, -0.05) is 12.2 Å². The van der Waals surface area contributed by atoms with Crippen molar-refractivity contribution in [2.24, 2.45) is 5.73 Å². The molecule has 2 N–H and O–H groups in total. The van der Waals surface area contributed by atoms with Crippen LogP contribution in [0.2, 0.25) is 0 Å². The first kappa shape index (κ1) is 13.7. The van der Waals surface area contributed by atoms with Gasteiger partial charge in [-0.15, -0.1) is 0 Å². The molecule has 5 heteroatoms. The molecule has 106 valence electrons. The highest BCUT2D eigenvalue weighted by Crippen LogP contribution is 2.23. The van der Waals surface area contributed by atoms with Crippen LogP contribution in [0, 0.1) is 20.8 Å². The molecule has 2 aromatic heterocycles. The molecule has 0 atom stereocenters. The van der Waals surface area contributed by atoms with Gasteiger partial charge in [-0.05, 0) is 56.2 Å². The zero-order valence-electron chi connectivity index (χ0n) is 12.2. The number of nitrogens with two attached hydrogens (primary N) is 1. The average molecular weight is 296 g/mol. The zero-order valence-corrected chi connectivity index (χ0v) is 13.0. The highest BCUT2D eigenvalue weighted by atomic mass is 32.1. The fourth-order valence-electron chi connectivity index (χ4n) is 2.35. The number of benzene rings is 1. The Labute approximate surface area is 128 Å². The molecule has 21 heavy (non-hydrogen) atoms. The topological polar surface area (TPSA) is 56.7 Å². The molecule has 0 aliphatic heterocycles. The van der Waals surface area contributed by atoms with E-state index < -0.39 is 0 Å². The lowest BCUT2D eigenvalue weighted by Gasteiger charge is -2.10. The third-order valence-electron chi connectivity index (χ3n) is 3.67. The first-order valence-electron chi connectivity index (χ1n) is 6.69. The molecule has 0 aliphatic carbocycles. The van der Waals surface area contributed by atoms with Crippen molar-refractivity contribution in [3.63, 3.8) is 0 Å². The van der Waals surface area contributed by atoms with E-state index in [1.165, 1.54) is 11.1 Å². The van der Waals surface area contributed by atoms with Crippen molar-refractivity contribution in [2.75, 3.05) is 0 Å². The number of pyridine rings is 1. The smallest absolute Gasteiger partial charge is 0.148 e. The van der Waals surface area contributed by atoms with Crippen molar-refractivity contribution in [2.45, 2.75) is 20.8 Å². The van der Waals surface area contributed by atoms with Crippen LogP contribution in [-0.2, 0) is 0 Å². The molecule has 0 saturated carbocycles. The summed E-state index contributed by atoms with van der Waals surface area (Å²) in [6, 6.07) is 8.02. The molecule has 0 saturated heterocycles. The summed E-state index contributed by atoms with van der Waals surface area (Å²) in [5.41, 5.74) is 11.9. The molecule has 0 spiro atoms. The third kappa shape index (κ3) is 2.29. The molecule has 0 fully saturated rings. The van der Waals surface area contributed by atoms with Gasteiger partial charge in [0.2, 0.25) is 0 Å². The summed E-state index contributed by atoms with van der Waals surface area (Å²) in [6.07, 6.45) is 1.77. The Morgan fingerprint density at radius 1 is 1.14 bits per heavy atom. The standard InChI is InChI=1S/C16H16N4S/c1-9-6-13-14(7-10(9)2)20(8-18-13)16-12(15(17)21)5-4-11(3)19-16/h4-8H,1-3H3,(H2,17,21). The van der Waals surface area contributed by atoms with Gasteiger partial charge in [0.15, 0.2) is 0 Å². The highest BCUT2D eigenvalue weighted by Gasteiger charge is 2.13. The third-order valence-corrected chi connectivity index (χ3v) is 3.89. The normalized spacial score (nSPS) is 11.0. The lowest BCUT2D eigenvalue weighted by molar-refractivity contribution is 0.996. The van der Waals surface area contributed by atoms with E-state index in [0.29, 0.717) is 4.99 Å². The molecule has 0 aliphatic rings. The minimum atomic E-state index is 0.336. The van der Waals surface area contributed by atoms with Crippen LogP contribution in [0.3, 0.4) is 0 Å². The Balaban J connectivity index is 2.33. The second-order valence-corrected chi connectivity index (χ2v) is 5.67. The predicted molar refractivity (Wildman–Crippen MR) is 89.0 cm³/mol. The Kier molecular flexibility index (Phi) is 3.22. The lowest BCUT2D eigenvalue weighted by atomic mass is 10.1. The summed E-state index contributed by atoms with van der Waals surface area (Å²) in [5, 5.41) is 0. The van der Waals surface area contributed by atoms with Crippen LogP contribution in [0.15, 0.2) is 30.6 Å². The SMILES string of the molecule is Cc1ccc(C(N)=S)c(-n2cnc3cc(C)c(C)cc32)n1. The summed E-state index contributed by atoms with van der Waals surface area (Å²) in [6.45, 7) is 6.12. The van der Waals surface area contributed by atoms with Crippen LogP contribution in [0.25, 0.3) is 16.9 Å². The second-order valence-electron chi connectivity index (χ2n) is 5.23. The van der Waals surface area contributed by atoms with Crippen molar-refractivity contribution < 1.29 is 0 Å². The molecule has 3 aromatic rings. The summed E-state index contributed by atoms with van der Waals surface area (Å²) in [7, 11) is 0. The van der Waals surface area contributed by atoms with E-state index >= 15 is 0 Å². The van der Waals surface area contributed by atoms with E-state index in [4.69, 9.17) is 18.0 Å². The first-order chi connectivity index (χ1) is 9.97. The molecule has 0 unspecified atom stereocenters.